The number of halogens is 2. The maximum atomic E-state index is 6.12. The van der Waals surface area contributed by atoms with E-state index in [0.29, 0.717) is 0 Å². The van der Waals surface area contributed by atoms with E-state index in [9.17, 15) is 0 Å². The third-order valence-corrected chi connectivity index (χ3v) is 3.44. The predicted octanol–water partition coefficient (Wildman–Crippen LogP) is 3.18. The maximum absolute atomic E-state index is 6.12. The van der Waals surface area contributed by atoms with Gasteiger partial charge in [-0.3, -0.25) is 4.90 Å². The van der Waals surface area contributed by atoms with Crippen molar-refractivity contribution in [2.75, 3.05) is 26.2 Å². The van der Waals surface area contributed by atoms with Gasteiger partial charge in [0.1, 0.15) is 5.75 Å². The lowest BCUT2D eigenvalue weighted by Gasteiger charge is -2.13. The number of methoxy groups -OCH3 is 1. The Morgan fingerprint density at radius 1 is 1.47 bits per heavy atom. The molecular weight excluding hydrogens is 277 g/mol. The SMILES string of the molecule is COc1ccc(CCN(C)CBr)c(Cl)c1. The van der Waals surface area contributed by atoms with Crippen molar-refractivity contribution in [1.29, 1.82) is 0 Å². The van der Waals surface area contributed by atoms with Gasteiger partial charge in [-0.1, -0.05) is 33.6 Å². The normalized spacial score (nSPS) is 10.7. The number of likely N-dealkylation sites (N-methyl/N-ethyl adjacent to an activating group) is 1. The number of hydrogen-bond donors (Lipinski definition) is 0. The molecule has 0 atom stereocenters. The first-order valence-corrected chi connectivity index (χ1v) is 6.24. The van der Waals surface area contributed by atoms with E-state index in [-0.39, 0.29) is 0 Å². The Hall–Kier alpha value is -0.250. The van der Waals surface area contributed by atoms with Gasteiger partial charge < -0.3 is 4.74 Å². The molecule has 1 aromatic carbocycles. The van der Waals surface area contributed by atoms with Crippen LogP contribution in [0.5, 0.6) is 5.75 Å². The van der Waals surface area contributed by atoms with Gasteiger partial charge in [0.05, 0.1) is 12.6 Å². The molecule has 2 nitrogen and oxygen atoms in total. The number of benzene rings is 1. The van der Waals surface area contributed by atoms with E-state index in [2.05, 4.69) is 27.9 Å². The second-order valence-electron chi connectivity index (χ2n) is 3.41. The lowest BCUT2D eigenvalue weighted by molar-refractivity contribution is 0.400. The Bertz CT molecular complexity index is 319. The fraction of sp³-hybridized carbons (Fsp3) is 0.455. The summed E-state index contributed by atoms with van der Waals surface area (Å²) in [6.07, 6.45) is 0.949. The van der Waals surface area contributed by atoms with Crippen LogP contribution in [0.4, 0.5) is 0 Å². The van der Waals surface area contributed by atoms with Gasteiger partial charge in [-0.15, -0.1) is 0 Å². The van der Waals surface area contributed by atoms with Crippen molar-refractivity contribution >= 4 is 27.5 Å². The van der Waals surface area contributed by atoms with E-state index in [4.69, 9.17) is 16.3 Å². The van der Waals surface area contributed by atoms with Crippen molar-refractivity contribution in [2.24, 2.45) is 0 Å². The molecule has 0 heterocycles. The van der Waals surface area contributed by atoms with Crippen molar-refractivity contribution in [3.05, 3.63) is 28.8 Å². The Balaban J connectivity index is 2.62. The Morgan fingerprint density at radius 3 is 2.73 bits per heavy atom. The molecule has 0 unspecified atom stereocenters. The molecule has 1 aromatic rings. The Labute approximate surface area is 104 Å². The van der Waals surface area contributed by atoms with Crippen LogP contribution in [0, 0.1) is 0 Å². The fourth-order valence-electron chi connectivity index (χ4n) is 1.23. The summed E-state index contributed by atoms with van der Waals surface area (Å²) >= 11 is 9.53. The first-order valence-electron chi connectivity index (χ1n) is 4.74. The van der Waals surface area contributed by atoms with Crippen LogP contribution in [0.25, 0.3) is 0 Å². The summed E-state index contributed by atoms with van der Waals surface area (Å²) in [6, 6.07) is 5.81. The van der Waals surface area contributed by atoms with Gasteiger partial charge >= 0.3 is 0 Å². The summed E-state index contributed by atoms with van der Waals surface area (Å²) < 4.78 is 5.09. The van der Waals surface area contributed by atoms with Gasteiger partial charge in [0.15, 0.2) is 0 Å². The third kappa shape index (κ3) is 4.01. The zero-order chi connectivity index (χ0) is 11.3. The molecule has 0 radical (unpaired) electrons. The first kappa shape index (κ1) is 12.8. The molecule has 1 rings (SSSR count). The number of alkyl halides is 1. The average molecular weight is 293 g/mol. The molecule has 0 spiro atoms. The monoisotopic (exact) mass is 291 g/mol. The summed E-state index contributed by atoms with van der Waals surface area (Å²) in [5.41, 5.74) is 2.03. The predicted molar refractivity (Wildman–Crippen MR) is 68.1 cm³/mol. The van der Waals surface area contributed by atoms with Crippen LogP contribution in [0.3, 0.4) is 0 Å². The minimum Gasteiger partial charge on any atom is -0.497 e. The number of nitrogens with zero attached hydrogens (tertiary/aromatic N) is 1. The van der Waals surface area contributed by atoms with Crippen LogP contribution in [-0.4, -0.2) is 31.1 Å². The summed E-state index contributed by atoms with van der Waals surface area (Å²) in [5, 5.41) is 0.775. The lowest BCUT2D eigenvalue weighted by Crippen LogP contribution is -2.19. The Kier molecular flexibility index (Phi) is 5.43. The summed E-state index contributed by atoms with van der Waals surface area (Å²) in [7, 11) is 3.70. The van der Waals surface area contributed by atoms with Crippen molar-refractivity contribution < 1.29 is 4.74 Å². The highest BCUT2D eigenvalue weighted by molar-refractivity contribution is 9.09. The molecule has 15 heavy (non-hydrogen) atoms. The second-order valence-corrected chi connectivity index (χ2v) is 4.32. The van der Waals surface area contributed by atoms with Gasteiger partial charge in [-0.05, 0) is 31.2 Å². The van der Waals surface area contributed by atoms with Gasteiger partial charge in [-0.25, -0.2) is 0 Å². The average Bonchev–Trinajstić information content (AvgIpc) is 2.26. The van der Waals surface area contributed by atoms with Crippen LogP contribution in [-0.2, 0) is 6.42 Å². The zero-order valence-electron chi connectivity index (χ0n) is 8.96. The maximum Gasteiger partial charge on any atom is 0.120 e. The van der Waals surface area contributed by atoms with E-state index in [1.165, 1.54) is 0 Å². The standard InChI is InChI=1S/C11H15BrClNO/c1-14(8-12)6-5-9-3-4-10(15-2)7-11(9)13/h3-4,7H,5-6,8H2,1-2H3. The zero-order valence-corrected chi connectivity index (χ0v) is 11.3. The van der Waals surface area contributed by atoms with Crippen LogP contribution in [0.1, 0.15) is 5.56 Å². The Morgan fingerprint density at radius 2 is 2.20 bits per heavy atom. The van der Waals surface area contributed by atoms with Crippen LogP contribution in [0.15, 0.2) is 18.2 Å². The van der Waals surface area contributed by atoms with Crippen LogP contribution >= 0.6 is 27.5 Å². The van der Waals surface area contributed by atoms with E-state index < -0.39 is 0 Å². The molecule has 0 saturated carbocycles. The molecule has 0 N–H and O–H groups in total. The van der Waals surface area contributed by atoms with Crippen LogP contribution < -0.4 is 4.74 Å². The molecule has 0 aliphatic heterocycles. The number of ether oxygens (including phenoxy) is 1. The fourth-order valence-corrected chi connectivity index (χ4v) is 1.74. The number of rotatable bonds is 5. The van der Waals surface area contributed by atoms with Crippen molar-refractivity contribution in [3.63, 3.8) is 0 Å². The van der Waals surface area contributed by atoms with Gasteiger partial charge in [0.2, 0.25) is 0 Å². The van der Waals surface area contributed by atoms with Crippen molar-refractivity contribution in [2.45, 2.75) is 6.42 Å². The van der Waals surface area contributed by atoms with Crippen molar-refractivity contribution in [3.8, 4) is 5.75 Å². The molecule has 84 valence electrons. The highest BCUT2D eigenvalue weighted by Gasteiger charge is 2.03. The molecule has 0 amide bonds. The lowest BCUT2D eigenvalue weighted by atomic mass is 10.1. The highest BCUT2D eigenvalue weighted by atomic mass is 79.9. The van der Waals surface area contributed by atoms with E-state index in [1.807, 2.05) is 18.2 Å². The smallest absolute Gasteiger partial charge is 0.120 e. The molecule has 0 bridgehead atoms. The molecule has 0 aliphatic carbocycles. The third-order valence-electron chi connectivity index (χ3n) is 2.23. The molecular formula is C11H15BrClNO. The molecule has 4 heteroatoms. The van der Waals surface area contributed by atoms with Gasteiger partial charge in [0.25, 0.3) is 0 Å². The van der Waals surface area contributed by atoms with E-state index in [1.54, 1.807) is 7.11 Å². The van der Waals surface area contributed by atoms with Crippen molar-refractivity contribution in [1.82, 2.24) is 4.90 Å². The summed E-state index contributed by atoms with van der Waals surface area (Å²) in [6.45, 7) is 0.983. The quantitative estimate of drug-likeness (QED) is 0.610. The molecule has 0 saturated heterocycles. The van der Waals surface area contributed by atoms with E-state index >= 15 is 0 Å². The highest BCUT2D eigenvalue weighted by Crippen LogP contribution is 2.22. The molecule has 0 aliphatic rings. The minimum absolute atomic E-state index is 0.775. The number of hydrogen-bond acceptors (Lipinski definition) is 2. The second kappa shape index (κ2) is 6.36. The summed E-state index contributed by atoms with van der Waals surface area (Å²) in [5.74, 6) is 0.803. The largest absolute Gasteiger partial charge is 0.497 e. The van der Waals surface area contributed by atoms with Crippen LogP contribution in [0.2, 0.25) is 5.02 Å². The topological polar surface area (TPSA) is 12.5 Å². The molecule has 0 aromatic heterocycles. The minimum atomic E-state index is 0.775. The first-order chi connectivity index (χ1) is 7.17. The van der Waals surface area contributed by atoms with Gasteiger partial charge in [0, 0.05) is 11.6 Å². The summed E-state index contributed by atoms with van der Waals surface area (Å²) in [4.78, 5) is 2.18. The van der Waals surface area contributed by atoms with Gasteiger partial charge in [-0.2, -0.15) is 0 Å². The molecule has 0 fully saturated rings. The van der Waals surface area contributed by atoms with E-state index in [0.717, 1.165) is 34.8 Å².